The van der Waals surface area contributed by atoms with E-state index in [0.29, 0.717) is 0 Å². The molecule has 3 nitrogen and oxygen atoms in total. The van der Waals surface area contributed by atoms with Crippen molar-refractivity contribution in [3.8, 4) is 0 Å². The Hall–Kier alpha value is -0.780. The molecule has 2 aromatic rings. The van der Waals surface area contributed by atoms with Crippen molar-refractivity contribution in [2.75, 3.05) is 0 Å². The van der Waals surface area contributed by atoms with E-state index in [2.05, 4.69) is 0 Å². The van der Waals surface area contributed by atoms with E-state index in [4.69, 9.17) is 12.5 Å². The van der Waals surface area contributed by atoms with Crippen LogP contribution in [0.3, 0.4) is 0 Å². The zero-order valence-electron chi connectivity index (χ0n) is 8.35. The van der Waals surface area contributed by atoms with Crippen molar-refractivity contribution in [2.24, 2.45) is 0 Å². The highest BCUT2D eigenvalue weighted by Gasteiger charge is 2.07. The van der Waals surface area contributed by atoms with Crippen molar-refractivity contribution in [1.29, 1.82) is 0 Å². The first-order chi connectivity index (χ1) is 7.27. The van der Waals surface area contributed by atoms with Crippen LogP contribution >= 0.6 is 24.1 Å². The Kier molecular flexibility index (Phi) is 3.45. The molecule has 80 valence electrons. The van der Waals surface area contributed by atoms with Crippen molar-refractivity contribution in [1.82, 2.24) is 0 Å². The molecule has 2 heterocycles. The average Bonchev–Trinajstić information content (AvgIpc) is 2.78. The Bertz CT molecular complexity index is 393. The molecule has 0 aliphatic rings. The molecule has 0 saturated heterocycles. The molecule has 2 rings (SSSR count). The van der Waals surface area contributed by atoms with Crippen LogP contribution in [0.25, 0.3) is 0 Å². The Labute approximate surface area is 96.6 Å². The molecule has 0 N–H and O–H groups in total. The van der Waals surface area contributed by atoms with Crippen LogP contribution in [0.15, 0.2) is 43.7 Å². The normalized spacial score (nSPS) is 10.8. The number of rotatable bonds is 4. The van der Waals surface area contributed by atoms with Crippen LogP contribution in [0, 0.1) is 13.8 Å². The second-order valence-corrected chi connectivity index (χ2v) is 4.64. The van der Waals surface area contributed by atoms with Gasteiger partial charge in [-0.2, -0.15) is 0 Å². The van der Waals surface area contributed by atoms with Crippen LogP contribution in [0.4, 0.5) is 0 Å². The Morgan fingerprint density at radius 1 is 0.933 bits per heavy atom. The minimum absolute atomic E-state index is 0.770. The molecule has 0 aliphatic carbocycles. The predicted octanol–water partition coefficient (Wildman–Crippen LogP) is 4.22. The zero-order valence-corrected chi connectivity index (χ0v) is 9.98. The fourth-order valence-electron chi connectivity index (χ4n) is 0.967. The van der Waals surface area contributed by atoms with Gasteiger partial charge in [-0.25, -0.2) is 3.63 Å². The molecular formula is C10H10O3S2. The summed E-state index contributed by atoms with van der Waals surface area (Å²) in [5.74, 6) is 0. The van der Waals surface area contributed by atoms with Crippen molar-refractivity contribution >= 4 is 24.1 Å². The van der Waals surface area contributed by atoms with Crippen molar-refractivity contribution < 1.29 is 12.5 Å². The molecule has 0 spiro atoms. The highest BCUT2D eigenvalue weighted by atomic mass is 32.2. The summed E-state index contributed by atoms with van der Waals surface area (Å²) in [5, 5.41) is 1.54. The minimum atomic E-state index is 0.770. The van der Waals surface area contributed by atoms with Crippen molar-refractivity contribution in [2.45, 2.75) is 24.0 Å². The second-order valence-electron chi connectivity index (χ2n) is 3.02. The highest BCUT2D eigenvalue weighted by molar-refractivity contribution is 8.07. The Morgan fingerprint density at radius 3 is 1.73 bits per heavy atom. The van der Waals surface area contributed by atoms with Gasteiger partial charge in [0.2, 0.25) is 0 Å². The summed E-state index contributed by atoms with van der Waals surface area (Å²) in [7, 11) is 0. The van der Waals surface area contributed by atoms with Crippen LogP contribution in [0.5, 0.6) is 0 Å². The second kappa shape index (κ2) is 4.83. The summed E-state index contributed by atoms with van der Waals surface area (Å²) in [5.41, 5.74) is 2.13. The van der Waals surface area contributed by atoms with Gasteiger partial charge < -0.3 is 8.83 Å². The first kappa shape index (κ1) is 10.7. The lowest BCUT2D eigenvalue weighted by Gasteiger charge is -1.97. The van der Waals surface area contributed by atoms with Crippen LogP contribution in [0.2, 0.25) is 0 Å². The lowest BCUT2D eigenvalue weighted by molar-refractivity contribution is 0.455. The largest absolute Gasteiger partial charge is 0.455 e. The van der Waals surface area contributed by atoms with E-state index < -0.39 is 0 Å². The number of furan rings is 2. The van der Waals surface area contributed by atoms with E-state index in [1.165, 1.54) is 24.1 Å². The topological polar surface area (TPSA) is 35.5 Å². The highest BCUT2D eigenvalue weighted by Crippen LogP contribution is 2.33. The monoisotopic (exact) mass is 242 g/mol. The van der Waals surface area contributed by atoms with Gasteiger partial charge in [0.25, 0.3) is 0 Å². The maximum Gasteiger partial charge on any atom is 0.190 e. The van der Waals surface area contributed by atoms with Crippen LogP contribution in [0.1, 0.15) is 11.1 Å². The fraction of sp³-hybridized carbons (Fsp3) is 0.200. The van der Waals surface area contributed by atoms with Gasteiger partial charge in [0.1, 0.15) is 0 Å². The molecule has 5 heteroatoms. The molecule has 0 atom stereocenters. The van der Waals surface area contributed by atoms with E-state index in [-0.39, 0.29) is 0 Å². The fourth-order valence-corrected chi connectivity index (χ4v) is 2.19. The summed E-state index contributed by atoms with van der Waals surface area (Å²) in [4.78, 5) is 0. The average molecular weight is 242 g/mol. The molecule has 0 bridgehead atoms. The zero-order chi connectivity index (χ0) is 10.7. The van der Waals surface area contributed by atoms with E-state index in [9.17, 15) is 0 Å². The van der Waals surface area contributed by atoms with Gasteiger partial charge in [-0.1, -0.05) is 0 Å². The van der Waals surface area contributed by atoms with Crippen molar-refractivity contribution in [3.05, 3.63) is 35.8 Å². The molecule has 0 aromatic carbocycles. The molecule has 0 radical (unpaired) electrons. The quantitative estimate of drug-likeness (QED) is 0.750. The van der Waals surface area contributed by atoms with Gasteiger partial charge in [0.05, 0.1) is 36.6 Å². The van der Waals surface area contributed by atoms with Gasteiger partial charge in [0.15, 0.2) is 10.2 Å². The summed E-state index contributed by atoms with van der Waals surface area (Å²) in [6, 6.07) is 3.79. The van der Waals surface area contributed by atoms with Gasteiger partial charge in [-0.05, 0) is 26.0 Å². The first-order valence-electron chi connectivity index (χ1n) is 4.37. The minimum Gasteiger partial charge on any atom is -0.455 e. The third-order valence-electron chi connectivity index (χ3n) is 1.85. The first-order valence-corrected chi connectivity index (χ1v) is 5.85. The van der Waals surface area contributed by atoms with Gasteiger partial charge in [0, 0.05) is 11.1 Å². The maximum absolute atomic E-state index is 5.33. The van der Waals surface area contributed by atoms with Crippen LogP contribution in [-0.4, -0.2) is 0 Å². The van der Waals surface area contributed by atoms with E-state index in [0.717, 1.165) is 21.3 Å². The Balaban J connectivity index is 1.86. The third kappa shape index (κ3) is 2.62. The number of hydrogen-bond donors (Lipinski definition) is 0. The summed E-state index contributed by atoms with van der Waals surface area (Å²) in [6.45, 7) is 3.94. The lowest BCUT2D eigenvalue weighted by Crippen LogP contribution is -1.72. The van der Waals surface area contributed by atoms with E-state index in [1.54, 1.807) is 12.5 Å². The molecule has 0 aliphatic heterocycles. The summed E-state index contributed by atoms with van der Waals surface area (Å²) >= 11 is 2.39. The predicted molar refractivity (Wildman–Crippen MR) is 59.7 cm³/mol. The van der Waals surface area contributed by atoms with Gasteiger partial charge >= 0.3 is 0 Å². The SMILES string of the molecule is Cc1ccoc1SOSc1occc1C. The molecule has 0 saturated carbocycles. The smallest absolute Gasteiger partial charge is 0.190 e. The number of aryl methyl sites for hydroxylation is 2. The molecule has 2 aromatic heterocycles. The lowest BCUT2D eigenvalue weighted by atomic mass is 10.4. The molecule has 0 unspecified atom stereocenters. The number of hydrogen-bond acceptors (Lipinski definition) is 5. The molecule has 0 fully saturated rings. The van der Waals surface area contributed by atoms with E-state index >= 15 is 0 Å². The van der Waals surface area contributed by atoms with Crippen LogP contribution < -0.4 is 0 Å². The van der Waals surface area contributed by atoms with Gasteiger partial charge in [-0.15, -0.1) is 0 Å². The van der Waals surface area contributed by atoms with Gasteiger partial charge in [-0.3, -0.25) is 0 Å². The van der Waals surface area contributed by atoms with Crippen LogP contribution in [-0.2, 0) is 3.63 Å². The summed E-state index contributed by atoms with van der Waals surface area (Å²) in [6.07, 6.45) is 3.29. The van der Waals surface area contributed by atoms with E-state index in [1.807, 2.05) is 26.0 Å². The van der Waals surface area contributed by atoms with Crippen molar-refractivity contribution in [3.63, 3.8) is 0 Å². The molecule has 15 heavy (non-hydrogen) atoms. The molecular weight excluding hydrogens is 232 g/mol. The maximum atomic E-state index is 5.33. The Morgan fingerprint density at radius 2 is 1.40 bits per heavy atom. The standard InChI is InChI=1S/C10H10O3S2/c1-7-3-5-11-9(7)14-13-15-10-8(2)4-6-12-10/h3-6H,1-2H3. The summed E-state index contributed by atoms with van der Waals surface area (Å²) < 4.78 is 15.7. The third-order valence-corrected chi connectivity index (χ3v) is 3.53. The molecule has 0 amide bonds.